The third-order valence-electron chi connectivity index (χ3n) is 3.77. The highest BCUT2D eigenvalue weighted by Crippen LogP contribution is 2.24. The van der Waals surface area contributed by atoms with Crippen molar-refractivity contribution in [2.24, 2.45) is 0 Å². The maximum Gasteiger partial charge on any atom is 0.251 e. The number of nitrogens with one attached hydrogen (secondary N) is 1. The lowest BCUT2D eigenvalue weighted by Gasteiger charge is -2.15. The minimum atomic E-state index is -0.167. The van der Waals surface area contributed by atoms with Crippen molar-refractivity contribution in [2.75, 3.05) is 27.9 Å². The smallest absolute Gasteiger partial charge is 0.251 e. The molecule has 2 aromatic carbocycles. The van der Waals surface area contributed by atoms with E-state index in [1.54, 1.807) is 45.6 Å². The Morgan fingerprint density at radius 1 is 1.04 bits per heavy atom. The predicted octanol–water partition coefficient (Wildman–Crippen LogP) is 3.05. The summed E-state index contributed by atoms with van der Waals surface area (Å²) in [6.07, 6.45) is 0. The molecular weight excluding hydrogens is 334 g/mol. The lowest BCUT2D eigenvalue weighted by molar-refractivity contribution is 0.0905. The van der Waals surface area contributed by atoms with Crippen LogP contribution in [-0.4, -0.2) is 39.9 Å². The number of carbonyl (C=O) groups is 1. The van der Waals surface area contributed by atoms with E-state index >= 15 is 0 Å². The molecule has 0 bridgehead atoms. The molecule has 6 heteroatoms. The predicted molar refractivity (Wildman–Crippen MR) is 99.1 cm³/mol. The number of methoxy groups -OCH3 is 3. The normalized spacial score (nSPS) is 11.5. The van der Waals surface area contributed by atoms with E-state index in [2.05, 4.69) is 5.32 Å². The first-order valence-electron chi connectivity index (χ1n) is 8.31. The van der Waals surface area contributed by atoms with Crippen molar-refractivity contribution in [3.63, 3.8) is 0 Å². The molecule has 140 valence electrons. The minimum absolute atomic E-state index is 0.0777. The quantitative estimate of drug-likeness (QED) is 0.745. The number of benzene rings is 2. The summed E-state index contributed by atoms with van der Waals surface area (Å²) in [4.78, 5) is 12.4. The molecule has 0 aliphatic carbocycles. The van der Waals surface area contributed by atoms with Gasteiger partial charge in [-0.15, -0.1) is 0 Å². The molecule has 1 atom stereocenters. The van der Waals surface area contributed by atoms with Gasteiger partial charge in [-0.05, 0) is 37.3 Å². The lowest BCUT2D eigenvalue weighted by atomic mass is 10.1. The zero-order valence-electron chi connectivity index (χ0n) is 15.6. The third kappa shape index (κ3) is 5.39. The van der Waals surface area contributed by atoms with Crippen LogP contribution in [0.1, 0.15) is 22.8 Å². The van der Waals surface area contributed by atoms with Gasteiger partial charge in [0.25, 0.3) is 5.91 Å². The molecular formula is C20H25NO5. The maximum absolute atomic E-state index is 12.4. The summed E-state index contributed by atoms with van der Waals surface area (Å²) in [7, 11) is 4.80. The third-order valence-corrected chi connectivity index (χ3v) is 3.77. The summed E-state index contributed by atoms with van der Waals surface area (Å²) < 4.78 is 21.4. The summed E-state index contributed by atoms with van der Waals surface area (Å²) in [5.41, 5.74) is 1.32. The number of amides is 1. The first-order valence-corrected chi connectivity index (χ1v) is 8.31. The number of hydrogen-bond acceptors (Lipinski definition) is 5. The molecule has 0 aliphatic rings. The van der Waals surface area contributed by atoms with Crippen molar-refractivity contribution in [3.8, 4) is 17.2 Å². The Labute approximate surface area is 154 Å². The van der Waals surface area contributed by atoms with E-state index in [0.29, 0.717) is 23.7 Å². The van der Waals surface area contributed by atoms with Gasteiger partial charge in [0, 0.05) is 30.3 Å². The van der Waals surface area contributed by atoms with Crippen LogP contribution in [-0.2, 0) is 11.3 Å². The van der Waals surface area contributed by atoms with Crippen LogP contribution in [0.5, 0.6) is 17.2 Å². The molecule has 0 saturated heterocycles. The molecule has 1 amide bonds. The van der Waals surface area contributed by atoms with Crippen LogP contribution >= 0.6 is 0 Å². The Morgan fingerprint density at radius 3 is 2.50 bits per heavy atom. The summed E-state index contributed by atoms with van der Waals surface area (Å²) in [5, 5.41) is 2.89. The first kappa shape index (κ1) is 19.6. The molecule has 0 spiro atoms. The van der Waals surface area contributed by atoms with Crippen LogP contribution in [0.3, 0.4) is 0 Å². The number of carbonyl (C=O) groups excluding carboxylic acids is 1. The van der Waals surface area contributed by atoms with E-state index < -0.39 is 0 Å². The van der Waals surface area contributed by atoms with E-state index in [0.717, 1.165) is 11.3 Å². The van der Waals surface area contributed by atoms with Crippen molar-refractivity contribution in [1.29, 1.82) is 0 Å². The molecule has 26 heavy (non-hydrogen) atoms. The van der Waals surface area contributed by atoms with Crippen molar-refractivity contribution in [2.45, 2.75) is 19.6 Å². The van der Waals surface area contributed by atoms with Crippen LogP contribution in [0.15, 0.2) is 42.5 Å². The van der Waals surface area contributed by atoms with E-state index in [-0.39, 0.29) is 18.6 Å². The number of hydrogen-bond donors (Lipinski definition) is 1. The molecule has 2 aromatic rings. The molecule has 6 nitrogen and oxygen atoms in total. The van der Waals surface area contributed by atoms with Gasteiger partial charge >= 0.3 is 0 Å². The van der Waals surface area contributed by atoms with Crippen LogP contribution in [0.4, 0.5) is 0 Å². The van der Waals surface area contributed by atoms with Crippen LogP contribution in [0.2, 0.25) is 0 Å². The summed E-state index contributed by atoms with van der Waals surface area (Å²) in [6.45, 7) is 2.61. The Kier molecular flexibility index (Phi) is 7.29. The standard InChI is InChI=1S/C20H25NO5/c1-14(12-23-2)21-20(22)15-8-9-19(25-4)16(10-15)13-26-18-7-5-6-17(11-18)24-3/h5-11,14H,12-13H2,1-4H3,(H,21,22). The highest BCUT2D eigenvalue weighted by Gasteiger charge is 2.13. The van der Waals surface area contributed by atoms with Gasteiger partial charge in [0.2, 0.25) is 0 Å². The fourth-order valence-electron chi connectivity index (χ4n) is 2.48. The van der Waals surface area contributed by atoms with E-state index in [1.165, 1.54) is 0 Å². The van der Waals surface area contributed by atoms with Gasteiger partial charge in [0.05, 0.1) is 20.8 Å². The fraction of sp³-hybridized carbons (Fsp3) is 0.350. The second-order valence-corrected chi connectivity index (χ2v) is 5.82. The Hall–Kier alpha value is -2.73. The van der Waals surface area contributed by atoms with E-state index in [1.807, 2.05) is 25.1 Å². The van der Waals surface area contributed by atoms with E-state index in [4.69, 9.17) is 18.9 Å². The molecule has 1 N–H and O–H groups in total. The summed E-state index contributed by atoms with van der Waals surface area (Å²) in [6, 6.07) is 12.5. The largest absolute Gasteiger partial charge is 0.497 e. The monoisotopic (exact) mass is 359 g/mol. The molecule has 0 aromatic heterocycles. The molecule has 1 unspecified atom stereocenters. The second kappa shape index (κ2) is 9.68. The maximum atomic E-state index is 12.4. The van der Waals surface area contributed by atoms with Crippen LogP contribution in [0, 0.1) is 0 Å². The highest BCUT2D eigenvalue weighted by molar-refractivity contribution is 5.94. The van der Waals surface area contributed by atoms with Crippen molar-refractivity contribution < 1.29 is 23.7 Å². The van der Waals surface area contributed by atoms with Gasteiger partial charge in [0.15, 0.2) is 0 Å². The SMILES string of the molecule is COCC(C)NC(=O)c1ccc(OC)c(COc2cccc(OC)c2)c1. The second-order valence-electron chi connectivity index (χ2n) is 5.82. The van der Waals surface area contributed by atoms with Gasteiger partial charge in [-0.1, -0.05) is 6.07 Å². The van der Waals surface area contributed by atoms with Gasteiger partial charge < -0.3 is 24.3 Å². The van der Waals surface area contributed by atoms with Gasteiger partial charge in [-0.2, -0.15) is 0 Å². The summed E-state index contributed by atoms with van der Waals surface area (Å²) in [5.74, 6) is 1.89. The average Bonchev–Trinajstić information content (AvgIpc) is 2.66. The van der Waals surface area contributed by atoms with Crippen LogP contribution in [0.25, 0.3) is 0 Å². The Morgan fingerprint density at radius 2 is 1.81 bits per heavy atom. The van der Waals surface area contributed by atoms with Crippen molar-refractivity contribution in [1.82, 2.24) is 5.32 Å². The number of ether oxygens (including phenoxy) is 4. The zero-order valence-corrected chi connectivity index (χ0v) is 15.6. The topological polar surface area (TPSA) is 66.0 Å². The zero-order chi connectivity index (χ0) is 18.9. The van der Waals surface area contributed by atoms with Crippen molar-refractivity contribution in [3.05, 3.63) is 53.6 Å². The lowest BCUT2D eigenvalue weighted by Crippen LogP contribution is -2.35. The fourth-order valence-corrected chi connectivity index (χ4v) is 2.48. The highest BCUT2D eigenvalue weighted by atomic mass is 16.5. The first-order chi connectivity index (χ1) is 12.6. The van der Waals surface area contributed by atoms with Crippen molar-refractivity contribution >= 4 is 5.91 Å². The molecule has 2 rings (SSSR count). The summed E-state index contributed by atoms with van der Waals surface area (Å²) >= 11 is 0. The molecule has 0 heterocycles. The minimum Gasteiger partial charge on any atom is -0.497 e. The van der Waals surface area contributed by atoms with Crippen LogP contribution < -0.4 is 19.5 Å². The van der Waals surface area contributed by atoms with E-state index in [9.17, 15) is 4.79 Å². The van der Waals surface area contributed by atoms with Gasteiger partial charge in [-0.25, -0.2) is 0 Å². The average molecular weight is 359 g/mol. The molecule has 0 radical (unpaired) electrons. The van der Waals surface area contributed by atoms with Gasteiger partial charge in [-0.3, -0.25) is 4.79 Å². The molecule has 0 saturated carbocycles. The molecule has 0 fully saturated rings. The van der Waals surface area contributed by atoms with Gasteiger partial charge in [0.1, 0.15) is 23.9 Å². The Bertz CT molecular complexity index is 732. The number of rotatable bonds is 9. The Balaban J connectivity index is 2.12. The molecule has 0 aliphatic heterocycles.